The van der Waals surface area contributed by atoms with Crippen LogP contribution in [0.15, 0.2) is 34.1 Å². The molecule has 0 aliphatic carbocycles. The van der Waals surface area contributed by atoms with Gasteiger partial charge in [0.2, 0.25) is 0 Å². The number of hydrogen-bond donors (Lipinski definition) is 1. The highest BCUT2D eigenvalue weighted by atomic mass is 79.9. The van der Waals surface area contributed by atoms with Crippen LogP contribution in [0.3, 0.4) is 0 Å². The van der Waals surface area contributed by atoms with E-state index >= 15 is 0 Å². The topological polar surface area (TPSA) is 44.5 Å². The van der Waals surface area contributed by atoms with Crippen LogP contribution in [0.5, 0.6) is 11.5 Å². The fourth-order valence-electron chi connectivity index (χ4n) is 2.01. The SMILES string of the molecule is NC(c1cccc2c1OCCO2)c1sccc1Br. The zero-order valence-electron chi connectivity index (χ0n) is 9.56. The lowest BCUT2D eigenvalue weighted by atomic mass is 10.0. The molecule has 3 rings (SSSR count). The lowest BCUT2D eigenvalue weighted by Gasteiger charge is -2.23. The second-order valence-corrected chi connectivity index (χ2v) is 5.78. The maximum absolute atomic E-state index is 6.33. The second kappa shape index (κ2) is 4.91. The van der Waals surface area contributed by atoms with Gasteiger partial charge in [-0.05, 0) is 33.4 Å². The first kappa shape index (κ1) is 12.0. The molecule has 1 aliphatic rings. The first-order chi connectivity index (χ1) is 8.77. The van der Waals surface area contributed by atoms with Crippen molar-refractivity contribution in [2.75, 3.05) is 13.2 Å². The summed E-state index contributed by atoms with van der Waals surface area (Å²) in [4.78, 5) is 1.09. The number of thiophene rings is 1. The Morgan fingerprint density at radius 3 is 2.83 bits per heavy atom. The van der Waals surface area contributed by atoms with Crippen LogP contribution in [0.2, 0.25) is 0 Å². The summed E-state index contributed by atoms with van der Waals surface area (Å²) in [5, 5.41) is 2.02. The van der Waals surface area contributed by atoms with E-state index in [0.717, 1.165) is 26.4 Å². The summed E-state index contributed by atoms with van der Waals surface area (Å²) >= 11 is 5.15. The van der Waals surface area contributed by atoms with Gasteiger partial charge in [0, 0.05) is 14.9 Å². The molecule has 0 radical (unpaired) electrons. The first-order valence-electron chi connectivity index (χ1n) is 5.64. The van der Waals surface area contributed by atoms with Crippen LogP contribution >= 0.6 is 27.3 Å². The van der Waals surface area contributed by atoms with Crippen molar-refractivity contribution in [3.63, 3.8) is 0 Å². The first-order valence-corrected chi connectivity index (χ1v) is 7.31. The quantitative estimate of drug-likeness (QED) is 0.921. The molecule has 94 valence electrons. The number of nitrogens with two attached hydrogens (primary N) is 1. The minimum absolute atomic E-state index is 0.198. The van der Waals surface area contributed by atoms with E-state index in [1.54, 1.807) is 11.3 Å². The molecular weight excluding hydrogens is 314 g/mol. The van der Waals surface area contributed by atoms with E-state index in [-0.39, 0.29) is 6.04 Å². The summed E-state index contributed by atoms with van der Waals surface area (Å²) in [6.45, 7) is 1.16. The van der Waals surface area contributed by atoms with Gasteiger partial charge in [-0.2, -0.15) is 0 Å². The Hall–Kier alpha value is -1.04. The highest BCUT2D eigenvalue weighted by Crippen LogP contribution is 2.40. The molecule has 0 saturated carbocycles. The van der Waals surface area contributed by atoms with Gasteiger partial charge in [-0.1, -0.05) is 12.1 Å². The fourth-order valence-corrected chi connectivity index (χ4v) is 3.65. The van der Waals surface area contributed by atoms with Crippen molar-refractivity contribution < 1.29 is 9.47 Å². The molecule has 0 fully saturated rings. The summed E-state index contributed by atoms with van der Waals surface area (Å²) in [5.41, 5.74) is 7.30. The van der Waals surface area contributed by atoms with Crippen molar-refractivity contribution in [1.29, 1.82) is 0 Å². The average Bonchev–Trinajstić information content (AvgIpc) is 2.83. The van der Waals surface area contributed by atoms with E-state index < -0.39 is 0 Å². The summed E-state index contributed by atoms with van der Waals surface area (Å²) in [7, 11) is 0. The third-order valence-electron chi connectivity index (χ3n) is 2.86. The number of hydrogen-bond acceptors (Lipinski definition) is 4. The number of ether oxygens (including phenoxy) is 2. The molecule has 0 spiro atoms. The highest BCUT2D eigenvalue weighted by Gasteiger charge is 2.22. The lowest BCUT2D eigenvalue weighted by Crippen LogP contribution is -2.19. The van der Waals surface area contributed by atoms with Crippen molar-refractivity contribution in [2.24, 2.45) is 5.73 Å². The maximum atomic E-state index is 6.33. The third kappa shape index (κ3) is 2.02. The van der Waals surface area contributed by atoms with Gasteiger partial charge in [0.25, 0.3) is 0 Å². The minimum atomic E-state index is -0.198. The van der Waals surface area contributed by atoms with E-state index in [4.69, 9.17) is 15.2 Å². The van der Waals surface area contributed by atoms with Crippen molar-refractivity contribution in [3.8, 4) is 11.5 Å². The largest absolute Gasteiger partial charge is 0.486 e. The number of benzene rings is 1. The van der Waals surface area contributed by atoms with Crippen LogP contribution in [-0.2, 0) is 0 Å². The predicted molar refractivity (Wildman–Crippen MR) is 75.5 cm³/mol. The molecule has 18 heavy (non-hydrogen) atoms. The number of halogens is 1. The second-order valence-electron chi connectivity index (χ2n) is 3.98. The van der Waals surface area contributed by atoms with Gasteiger partial charge < -0.3 is 15.2 Å². The van der Waals surface area contributed by atoms with Crippen molar-refractivity contribution in [3.05, 3.63) is 44.6 Å². The maximum Gasteiger partial charge on any atom is 0.166 e. The molecule has 3 nitrogen and oxygen atoms in total. The van der Waals surface area contributed by atoms with Crippen LogP contribution in [0.1, 0.15) is 16.5 Å². The lowest BCUT2D eigenvalue weighted by molar-refractivity contribution is 0.169. The third-order valence-corrected chi connectivity index (χ3v) is 4.81. The molecule has 5 heteroatoms. The molecule has 0 saturated heterocycles. The van der Waals surface area contributed by atoms with Crippen LogP contribution in [-0.4, -0.2) is 13.2 Å². The van der Waals surface area contributed by atoms with E-state index in [1.165, 1.54) is 0 Å². The normalized spacial score (nSPS) is 15.4. The summed E-state index contributed by atoms with van der Waals surface area (Å²) in [6.07, 6.45) is 0. The van der Waals surface area contributed by atoms with Gasteiger partial charge in [0.15, 0.2) is 11.5 Å². The van der Waals surface area contributed by atoms with Crippen molar-refractivity contribution in [2.45, 2.75) is 6.04 Å². The number of fused-ring (bicyclic) bond motifs is 1. The van der Waals surface area contributed by atoms with E-state index in [0.29, 0.717) is 13.2 Å². The standard InChI is InChI=1S/C13H12BrNO2S/c14-9-4-7-18-13(9)11(15)8-2-1-3-10-12(8)17-6-5-16-10/h1-4,7,11H,5-6,15H2. The predicted octanol–water partition coefficient (Wildman–Crippen LogP) is 3.33. The monoisotopic (exact) mass is 325 g/mol. The van der Waals surface area contributed by atoms with E-state index in [2.05, 4.69) is 15.9 Å². The van der Waals surface area contributed by atoms with Crippen LogP contribution in [0.4, 0.5) is 0 Å². The fraction of sp³-hybridized carbons (Fsp3) is 0.231. The molecule has 2 aromatic rings. The Labute approximate surface area is 118 Å². The molecular formula is C13H12BrNO2S. The zero-order chi connectivity index (χ0) is 12.5. The Morgan fingerprint density at radius 2 is 2.06 bits per heavy atom. The van der Waals surface area contributed by atoms with Gasteiger partial charge >= 0.3 is 0 Å². The number of para-hydroxylation sites is 1. The average molecular weight is 326 g/mol. The molecule has 1 unspecified atom stereocenters. The van der Waals surface area contributed by atoms with Gasteiger partial charge in [-0.25, -0.2) is 0 Å². The van der Waals surface area contributed by atoms with Crippen LogP contribution in [0.25, 0.3) is 0 Å². The Kier molecular flexibility index (Phi) is 3.28. The molecule has 0 bridgehead atoms. The Bertz CT molecular complexity index is 570. The molecule has 1 aromatic carbocycles. The van der Waals surface area contributed by atoms with Gasteiger partial charge in [0.05, 0.1) is 6.04 Å². The minimum Gasteiger partial charge on any atom is -0.486 e. The van der Waals surface area contributed by atoms with Crippen LogP contribution < -0.4 is 15.2 Å². The van der Waals surface area contributed by atoms with Crippen molar-refractivity contribution >= 4 is 27.3 Å². The molecule has 1 aromatic heterocycles. The van der Waals surface area contributed by atoms with E-state index in [1.807, 2.05) is 29.6 Å². The summed E-state index contributed by atoms with van der Waals surface area (Å²) < 4.78 is 12.3. The Morgan fingerprint density at radius 1 is 1.22 bits per heavy atom. The molecule has 0 amide bonds. The molecule has 2 N–H and O–H groups in total. The Balaban J connectivity index is 2.04. The highest BCUT2D eigenvalue weighted by molar-refractivity contribution is 9.10. The zero-order valence-corrected chi connectivity index (χ0v) is 12.0. The van der Waals surface area contributed by atoms with Gasteiger partial charge in [-0.3, -0.25) is 0 Å². The molecule has 1 atom stereocenters. The summed E-state index contributed by atoms with van der Waals surface area (Å²) in [6, 6.07) is 7.66. The molecule has 2 heterocycles. The smallest absolute Gasteiger partial charge is 0.166 e. The van der Waals surface area contributed by atoms with Crippen LogP contribution in [0, 0.1) is 0 Å². The number of rotatable bonds is 2. The van der Waals surface area contributed by atoms with Gasteiger partial charge in [-0.15, -0.1) is 11.3 Å². The molecule has 1 aliphatic heterocycles. The van der Waals surface area contributed by atoms with E-state index in [9.17, 15) is 0 Å². The van der Waals surface area contributed by atoms with Gasteiger partial charge in [0.1, 0.15) is 13.2 Å². The van der Waals surface area contributed by atoms with Crippen molar-refractivity contribution in [1.82, 2.24) is 0 Å². The summed E-state index contributed by atoms with van der Waals surface area (Å²) in [5.74, 6) is 1.55.